The van der Waals surface area contributed by atoms with Gasteiger partial charge in [0.2, 0.25) is 0 Å². The molecule has 0 radical (unpaired) electrons. The highest BCUT2D eigenvalue weighted by atomic mass is 79.9. The second-order valence-corrected chi connectivity index (χ2v) is 4.82. The van der Waals surface area contributed by atoms with E-state index in [1.807, 2.05) is 6.07 Å². The van der Waals surface area contributed by atoms with Crippen molar-refractivity contribution in [1.29, 1.82) is 0 Å². The number of hydrogen-bond acceptors (Lipinski definition) is 1. The lowest BCUT2D eigenvalue weighted by Crippen LogP contribution is -1.79. The van der Waals surface area contributed by atoms with Gasteiger partial charge in [-0.05, 0) is 12.1 Å². The zero-order valence-electron chi connectivity index (χ0n) is 6.48. The first kappa shape index (κ1) is 9.44. The molecule has 0 atom stereocenters. The van der Waals surface area contributed by atoms with Gasteiger partial charge in [0.25, 0.3) is 0 Å². The highest BCUT2D eigenvalue weighted by molar-refractivity contribution is 9.08. The fourth-order valence-corrected chi connectivity index (χ4v) is 3.54. The van der Waals surface area contributed by atoms with Crippen LogP contribution in [-0.2, 0) is 5.33 Å². The maximum Gasteiger partial charge on any atom is 0.132 e. The molecule has 0 bridgehead atoms. The summed E-state index contributed by atoms with van der Waals surface area (Å²) in [6, 6.07) is 5.03. The van der Waals surface area contributed by atoms with Crippen molar-refractivity contribution in [2.45, 2.75) is 5.33 Å². The van der Waals surface area contributed by atoms with Crippen molar-refractivity contribution in [3.63, 3.8) is 0 Å². The largest absolute Gasteiger partial charge is 0.206 e. The summed E-state index contributed by atoms with van der Waals surface area (Å²) in [7, 11) is 0. The van der Waals surface area contributed by atoms with Crippen LogP contribution in [0.3, 0.4) is 0 Å². The monoisotopic (exact) mass is 278 g/mol. The van der Waals surface area contributed by atoms with Crippen molar-refractivity contribution in [1.82, 2.24) is 0 Å². The van der Waals surface area contributed by atoms with Gasteiger partial charge in [-0.3, -0.25) is 0 Å². The molecule has 0 nitrogen and oxygen atoms in total. The molecule has 0 amide bonds. The fourth-order valence-electron chi connectivity index (χ4n) is 1.26. The Bertz CT molecular complexity index is 452. The molecule has 0 aliphatic rings. The van der Waals surface area contributed by atoms with Crippen LogP contribution in [0.2, 0.25) is 4.34 Å². The SMILES string of the molecule is Fc1cccc2sc(Cl)c(CBr)c12. The Morgan fingerprint density at radius 2 is 2.23 bits per heavy atom. The average Bonchev–Trinajstić information content (AvgIpc) is 2.42. The fraction of sp³-hybridized carbons (Fsp3) is 0.111. The number of alkyl halides is 1. The third-order valence-electron chi connectivity index (χ3n) is 1.85. The number of halogens is 3. The van der Waals surface area contributed by atoms with Gasteiger partial charge < -0.3 is 0 Å². The Labute approximate surface area is 92.5 Å². The molecule has 0 fully saturated rings. The molecule has 0 aliphatic heterocycles. The number of fused-ring (bicyclic) bond motifs is 1. The van der Waals surface area contributed by atoms with E-state index in [-0.39, 0.29) is 5.82 Å². The third-order valence-corrected chi connectivity index (χ3v) is 3.85. The highest BCUT2D eigenvalue weighted by Gasteiger charge is 2.12. The van der Waals surface area contributed by atoms with E-state index in [4.69, 9.17) is 11.6 Å². The molecular formula is C9H5BrClFS. The van der Waals surface area contributed by atoms with Crippen molar-refractivity contribution in [3.8, 4) is 0 Å². The van der Waals surface area contributed by atoms with E-state index >= 15 is 0 Å². The van der Waals surface area contributed by atoms with E-state index < -0.39 is 0 Å². The zero-order valence-corrected chi connectivity index (χ0v) is 9.64. The van der Waals surface area contributed by atoms with Gasteiger partial charge >= 0.3 is 0 Å². The lowest BCUT2D eigenvalue weighted by atomic mass is 10.2. The summed E-state index contributed by atoms with van der Waals surface area (Å²) < 4.78 is 14.9. The molecule has 0 saturated carbocycles. The second-order valence-electron chi connectivity index (χ2n) is 2.60. The van der Waals surface area contributed by atoms with Crippen LogP contribution in [0, 0.1) is 5.82 Å². The lowest BCUT2D eigenvalue weighted by molar-refractivity contribution is 0.639. The van der Waals surface area contributed by atoms with Crippen LogP contribution in [0.5, 0.6) is 0 Å². The van der Waals surface area contributed by atoms with E-state index in [9.17, 15) is 4.39 Å². The van der Waals surface area contributed by atoms with E-state index in [0.29, 0.717) is 15.1 Å². The third kappa shape index (κ3) is 1.49. The molecule has 1 aromatic heterocycles. The quantitative estimate of drug-likeness (QED) is 0.670. The summed E-state index contributed by atoms with van der Waals surface area (Å²) in [4.78, 5) is 0. The van der Waals surface area contributed by atoms with Crippen LogP contribution in [0.1, 0.15) is 5.56 Å². The number of benzene rings is 1. The summed E-state index contributed by atoms with van der Waals surface area (Å²) in [5, 5.41) is 1.24. The minimum atomic E-state index is -0.199. The summed E-state index contributed by atoms with van der Waals surface area (Å²) in [6.07, 6.45) is 0. The molecule has 2 rings (SSSR count). The molecule has 1 heterocycles. The average molecular weight is 280 g/mol. The molecule has 4 heteroatoms. The molecule has 2 aromatic rings. The molecule has 1 aromatic carbocycles. The van der Waals surface area contributed by atoms with Gasteiger partial charge in [0.05, 0.1) is 4.34 Å². The zero-order chi connectivity index (χ0) is 9.42. The van der Waals surface area contributed by atoms with Gasteiger partial charge in [0.1, 0.15) is 5.82 Å². The van der Waals surface area contributed by atoms with Crippen LogP contribution in [0.4, 0.5) is 4.39 Å². The number of hydrogen-bond donors (Lipinski definition) is 0. The van der Waals surface area contributed by atoms with Crippen molar-refractivity contribution >= 4 is 49.0 Å². The lowest BCUT2D eigenvalue weighted by Gasteiger charge is -1.95. The second kappa shape index (κ2) is 3.56. The summed E-state index contributed by atoms with van der Waals surface area (Å²) in [6.45, 7) is 0. The van der Waals surface area contributed by atoms with Crippen molar-refractivity contribution in [2.24, 2.45) is 0 Å². The molecule has 0 saturated heterocycles. The maximum atomic E-state index is 13.4. The van der Waals surface area contributed by atoms with Gasteiger partial charge in [0.15, 0.2) is 0 Å². The molecule has 0 aliphatic carbocycles. The van der Waals surface area contributed by atoms with E-state index in [0.717, 1.165) is 10.3 Å². The number of thiophene rings is 1. The number of rotatable bonds is 1. The van der Waals surface area contributed by atoms with Crippen molar-refractivity contribution in [2.75, 3.05) is 0 Å². The topological polar surface area (TPSA) is 0 Å². The maximum absolute atomic E-state index is 13.4. The van der Waals surface area contributed by atoms with E-state index in [2.05, 4.69) is 15.9 Å². The Hall–Kier alpha value is -0.120. The Morgan fingerprint density at radius 1 is 1.46 bits per heavy atom. The first-order chi connectivity index (χ1) is 6.24. The summed E-state index contributed by atoms with van der Waals surface area (Å²) in [5.74, 6) is -0.199. The molecule has 0 unspecified atom stereocenters. The van der Waals surface area contributed by atoms with Crippen LogP contribution >= 0.6 is 38.9 Å². The highest BCUT2D eigenvalue weighted by Crippen LogP contribution is 2.37. The first-order valence-corrected chi connectivity index (χ1v) is 5.97. The minimum absolute atomic E-state index is 0.199. The van der Waals surface area contributed by atoms with E-state index in [1.54, 1.807) is 6.07 Å². The molecule has 68 valence electrons. The van der Waals surface area contributed by atoms with Gasteiger partial charge in [-0.2, -0.15) is 0 Å². The normalized spacial score (nSPS) is 11.0. The van der Waals surface area contributed by atoms with Crippen molar-refractivity contribution in [3.05, 3.63) is 33.9 Å². The Kier molecular flexibility index (Phi) is 2.58. The molecule has 0 N–H and O–H groups in total. The Balaban J connectivity index is 2.88. The summed E-state index contributed by atoms with van der Waals surface area (Å²) >= 11 is 10.7. The van der Waals surface area contributed by atoms with Gasteiger partial charge in [-0.1, -0.05) is 33.6 Å². The molecular weight excluding hydrogens is 275 g/mol. The predicted molar refractivity (Wildman–Crippen MR) is 59.4 cm³/mol. The predicted octanol–water partition coefficient (Wildman–Crippen LogP) is 4.59. The van der Waals surface area contributed by atoms with Crippen LogP contribution in [0.25, 0.3) is 10.1 Å². The van der Waals surface area contributed by atoms with Crippen LogP contribution in [0.15, 0.2) is 18.2 Å². The van der Waals surface area contributed by atoms with Gasteiger partial charge in [-0.15, -0.1) is 11.3 Å². The Morgan fingerprint density at radius 3 is 2.92 bits per heavy atom. The van der Waals surface area contributed by atoms with Crippen LogP contribution < -0.4 is 0 Å². The van der Waals surface area contributed by atoms with Gasteiger partial charge in [-0.25, -0.2) is 4.39 Å². The van der Waals surface area contributed by atoms with Crippen molar-refractivity contribution < 1.29 is 4.39 Å². The molecule has 13 heavy (non-hydrogen) atoms. The minimum Gasteiger partial charge on any atom is -0.206 e. The van der Waals surface area contributed by atoms with E-state index in [1.165, 1.54) is 17.4 Å². The van der Waals surface area contributed by atoms with Crippen LogP contribution in [-0.4, -0.2) is 0 Å². The van der Waals surface area contributed by atoms with Gasteiger partial charge in [0, 0.05) is 21.0 Å². The smallest absolute Gasteiger partial charge is 0.132 e. The summed E-state index contributed by atoms with van der Waals surface area (Å²) in [5.41, 5.74) is 0.847. The first-order valence-electron chi connectivity index (χ1n) is 3.65. The molecule has 0 spiro atoms. The standard InChI is InChI=1S/C9H5BrClFS/c10-4-5-8-6(12)2-1-3-7(8)13-9(5)11/h1-3H,4H2.